The molecular formula is C14H25N3O3. The van der Waals surface area contributed by atoms with Gasteiger partial charge in [0.05, 0.1) is 6.10 Å². The van der Waals surface area contributed by atoms with Crippen molar-refractivity contribution in [3.05, 3.63) is 0 Å². The molecule has 0 aliphatic carbocycles. The lowest BCUT2D eigenvalue weighted by atomic mass is 10.1. The van der Waals surface area contributed by atoms with Gasteiger partial charge in [0.1, 0.15) is 0 Å². The van der Waals surface area contributed by atoms with Crippen LogP contribution in [0, 0.1) is 0 Å². The van der Waals surface area contributed by atoms with Crippen molar-refractivity contribution in [2.75, 3.05) is 13.2 Å². The molecule has 0 aromatic rings. The smallest absolute Gasteiger partial charge is 0.329 e. The molecule has 20 heavy (non-hydrogen) atoms. The SMILES string of the molecule is CCCC(CCC)=NNC(=O)C(=O)NC[C@@H]1CCCO1. The molecule has 6 heteroatoms. The molecule has 1 atom stereocenters. The summed E-state index contributed by atoms with van der Waals surface area (Å²) in [5.74, 6) is -1.37. The summed E-state index contributed by atoms with van der Waals surface area (Å²) in [6.45, 7) is 5.23. The largest absolute Gasteiger partial charge is 0.376 e. The topological polar surface area (TPSA) is 79.8 Å². The van der Waals surface area contributed by atoms with Crippen molar-refractivity contribution in [2.45, 2.75) is 58.5 Å². The van der Waals surface area contributed by atoms with Gasteiger partial charge in [-0.05, 0) is 25.7 Å². The molecule has 1 fully saturated rings. The number of hydrogen-bond acceptors (Lipinski definition) is 4. The van der Waals surface area contributed by atoms with E-state index in [0.29, 0.717) is 6.54 Å². The number of rotatable bonds is 7. The van der Waals surface area contributed by atoms with Crippen LogP contribution in [0.25, 0.3) is 0 Å². The van der Waals surface area contributed by atoms with E-state index in [0.717, 1.165) is 50.8 Å². The second kappa shape index (κ2) is 9.47. The minimum absolute atomic E-state index is 0.0333. The molecule has 114 valence electrons. The third kappa shape index (κ3) is 6.14. The zero-order chi connectivity index (χ0) is 14.8. The van der Waals surface area contributed by atoms with Crippen molar-refractivity contribution < 1.29 is 14.3 Å². The zero-order valence-electron chi connectivity index (χ0n) is 12.4. The van der Waals surface area contributed by atoms with Gasteiger partial charge in [-0.3, -0.25) is 9.59 Å². The Morgan fingerprint density at radius 2 is 1.90 bits per heavy atom. The van der Waals surface area contributed by atoms with Crippen LogP contribution >= 0.6 is 0 Å². The van der Waals surface area contributed by atoms with Crippen LogP contribution in [0.4, 0.5) is 0 Å². The van der Waals surface area contributed by atoms with Crippen LogP contribution in [0.3, 0.4) is 0 Å². The Morgan fingerprint density at radius 3 is 2.45 bits per heavy atom. The van der Waals surface area contributed by atoms with E-state index >= 15 is 0 Å². The zero-order valence-corrected chi connectivity index (χ0v) is 12.4. The fourth-order valence-corrected chi connectivity index (χ4v) is 2.09. The molecule has 1 rings (SSSR count). The van der Waals surface area contributed by atoms with Gasteiger partial charge in [0.2, 0.25) is 0 Å². The lowest BCUT2D eigenvalue weighted by Crippen LogP contribution is -2.41. The van der Waals surface area contributed by atoms with Crippen molar-refractivity contribution in [3.8, 4) is 0 Å². The maximum Gasteiger partial charge on any atom is 0.329 e. The van der Waals surface area contributed by atoms with Crippen LogP contribution in [0.15, 0.2) is 5.10 Å². The van der Waals surface area contributed by atoms with Crippen molar-refractivity contribution >= 4 is 17.5 Å². The van der Waals surface area contributed by atoms with Crippen LogP contribution in [0.1, 0.15) is 52.4 Å². The average Bonchev–Trinajstić information content (AvgIpc) is 2.95. The van der Waals surface area contributed by atoms with E-state index in [1.54, 1.807) is 0 Å². The van der Waals surface area contributed by atoms with Crippen molar-refractivity contribution in [1.29, 1.82) is 0 Å². The van der Waals surface area contributed by atoms with Gasteiger partial charge in [-0.25, -0.2) is 5.43 Å². The molecule has 1 heterocycles. The first-order valence-electron chi connectivity index (χ1n) is 7.42. The van der Waals surface area contributed by atoms with Crippen molar-refractivity contribution in [1.82, 2.24) is 10.7 Å². The normalized spacial score (nSPS) is 17.6. The van der Waals surface area contributed by atoms with Gasteiger partial charge in [-0.2, -0.15) is 5.10 Å². The summed E-state index contributed by atoms with van der Waals surface area (Å²) in [5, 5.41) is 6.60. The van der Waals surface area contributed by atoms with Gasteiger partial charge in [0, 0.05) is 18.9 Å². The summed E-state index contributed by atoms with van der Waals surface area (Å²) in [6, 6.07) is 0. The Kier molecular flexibility index (Phi) is 7.87. The predicted molar refractivity (Wildman–Crippen MR) is 77.4 cm³/mol. The molecule has 0 bridgehead atoms. The molecule has 2 N–H and O–H groups in total. The predicted octanol–water partition coefficient (Wildman–Crippen LogP) is 1.35. The number of ether oxygens (including phenoxy) is 1. The van der Waals surface area contributed by atoms with E-state index < -0.39 is 11.8 Å². The molecule has 0 spiro atoms. The summed E-state index contributed by atoms with van der Waals surface area (Å²) in [7, 11) is 0. The van der Waals surface area contributed by atoms with E-state index in [9.17, 15) is 9.59 Å². The number of carbonyl (C=O) groups excluding carboxylic acids is 2. The number of nitrogens with zero attached hydrogens (tertiary/aromatic N) is 1. The van der Waals surface area contributed by atoms with Crippen LogP contribution in [0.5, 0.6) is 0 Å². The quantitative estimate of drug-likeness (QED) is 0.420. The van der Waals surface area contributed by atoms with Crippen LogP contribution in [-0.4, -0.2) is 36.8 Å². The third-order valence-corrected chi connectivity index (χ3v) is 3.11. The minimum Gasteiger partial charge on any atom is -0.376 e. The fraction of sp³-hybridized carbons (Fsp3) is 0.786. The molecule has 0 saturated carbocycles. The average molecular weight is 283 g/mol. The highest BCUT2D eigenvalue weighted by Gasteiger charge is 2.19. The first kappa shape index (κ1) is 16.6. The Morgan fingerprint density at radius 1 is 1.20 bits per heavy atom. The Bertz CT molecular complexity index is 342. The first-order valence-corrected chi connectivity index (χ1v) is 7.42. The summed E-state index contributed by atoms with van der Waals surface area (Å²) in [4.78, 5) is 23.2. The molecule has 1 aliphatic heterocycles. The Hall–Kier alpha value is -1.43. The standard InChI is InChI=1S/C14H25N3O3/c1-3-6-11(7-4-2)16-17-14(19)13(18)15-10-12-8-5-9-20-12/h12H,3-10H2,1-2H3,(H,15,18)(H,17,19)/t12-/m0/s1. The van der Waals surface area contributed by atoms with Gasteiger partial charge >= 0.3 is 11.8 Å². The molecule has 0 unspecified atom stereocenters. The molecule has 0 aromatic carbocycles. The van der Waals surface area contributed by atoms with E-state index in [-0.39, 0.29) is 6.10 Å². The lowest BCUT2D eigenvalue weighted by Gasteiger charge is -2.10. The monoisotopic (exact) mass is 283 g/mol. The number of amides is 2. The highest BCUT2D eigenvalue weighted by molar-refractivity contribution is 6.35. The summed E-state index contributed by atoms with van der Waals surface area (Å²) >= 11 is 0. The second-order valence-electron chi connectivity index (χ2n) is 4.96. The second-order valence-corrected chi connectivity index (χ2v) is 4.96. The number of carbonyl (C=O) groups is 2. The van der Waals surface area contributed by atoms with Gasteiger partial charge in [0.25, 0.3) is 0 Å². The number of hydrogen-bond donors (Lipinski definition) is 2. The molecule has 1 aliphatic rings. The summed E-state index contributed by atoms with van der Waals surface area (Å²) in [5.41, 5.74) is 3.25. The highest BCUT2D eigenvalue weighted by Crippen LogP contribution is 2.10. The molecule has 1 saturated heterocycles. The Labute approximate surface area is 120 Å². The first-order chi connectivity index (χ1) is 9.67. The van der Waals surface area contributed by atoms with E-state index in [1.807, 2.05) is 0 Å². The molecule has 2 amide bonds. The summed E-state index contributed by atoms with van der Waals surface area (Å²) in [6.07, 6.45) is 5.59. The van der Waals surface area contributed by atoms with E-state index in [2.05, 4.69) is 29.7 Å². The maximum atomic E-state index is 11.6. The molecule has 0 aromatic heterocycles. The summed E-state index contributed by atoms with van der Waals surface area (Å²) < 4.78 is 5.37. The maximum absolute atomic E-state index is 11.6. The lowest BCUT2D eigenvalue weighted by molar-refractivity contribution is -0.139. The van der Waals surface area contributed by atoms with E-state index in [4.69, 9.17) is 4.74 Å². The molecular weight excluding hydrogens is 258 g/mol. The van der Waals surface area contributed by atoms with Gasteiger partial charge in [-0.15, -0.1) is 0 Å². The van der Waals surface area contributed by atoms with Crippen LogP contribution in [0.2, 0.25) is 0 Å². The number of hydrazone groups is 1. The fourth-order valence-electron chi connectivity index (χ4n) is 2.09. The third-order valence-electron chi connectivity index (χ3n) is 3.11. The van der Waals surface area contributed by atoms with E-state index in [1.165, 1.54) is 0 Å². The van der Waals surface area contributed by atoms with Gasteiger partial charge in [0.15, 0.2) is 0 Å². The van der Waals surface area contributed by atoms with Crippen molar-refractivity contribution in [3.63, 3.8) is 0 Å². The highest BCUT2D eigenvalue weighted by atomic mass is 16.5. The Balaban J connectivity index is 2.31. The van der Waals surface area contributed by atoms with Gasteiger partial charge in [-0.1, -0.05) is 26.7 Å². The number of nitrogens with one attached hydrogen (secondary N) is 2. The molecule has 0 radical (unpaired) electrons. The van der Waals surface area contributed by atoms with Crippen LogP contribution < -0.4 is 10.7 Å². The minimum atomic E-state index is -0.715. The molecule has 6 nitrogen and oxygen atoms in total. The van der Waals surface area contributed by atoms with Crippen molar-refractivity contribution in [2.24, 2.45) is 5.10 Å². The van der Waals surface area contributed by atoms with Gasteiger partial charge < -0.3 is 10.1 Å². The van der Waals surface area contributed by atoms with Crippen LogP contribution in [-0.2, 0) is 14.3 Å².